The van der Waals surface area contributed by atoms with Gasteiger partial charge in [0, 0.05) is 51.7 Å². The molecule has 2 aromatic rings. The van der Waals surface area contributed by atoms with Crippen LogP contribution in [0, 0.1) is 0 Å². The molecular weight excluding hydrogens is 445 g/mol. The highest BCUT2D eigenvalue weighted by molar-refractivity contribution is 14.0. The zero-order valence-corrected chi connectivity index (χ0v) is 17.6. The molecule has 0 aliphatic carbocycles. The summed E-state index contributed by atoms with van der Waals surface area (Å²) in [5, 5.41) is 11.5. The SMILES string of the molecule is CCNC(=NCc1nncn1CC)N1CCN(c2ncccn2)CC1.I. The third-order valence-corrected chi connectivity index (χ3v) is 4.16. The van der Waals surface area contributed by atoms with Crippen LogP contribution >= 0.6 is 24.0 Å². The molecule has 0 radical (unpaired) electrons. The molecule has 0 unspecified atom stereocenters. The largest absolute Gasteiger partial charge is 0.357 e. The second-order valence-corrected chi connectivity index (χ2v) is 5.73. The number of aryl methyl sites for hydroxylation is 1. The first-order valence-corrected chi connectivity index (χ1v) is 8.73. The van der Waals surface area contributed by atoms with Crippen LogP contribution in [-0.2, 0) is 13.1 Å². The number of nitrogens with one attached hydrogen (secondary N) is 1. The van der Waals surface area contributed by atoms with Crippen LogP contribution < -0.4 is 10.2 Å². The normalized spacial score (nSPS) is 14.9. The summed E-state index contributed by atoms with van der Waals surface area (Å²) in [5.41, 5.74) is 0. The van der Waals surface area contributed by atoms with Gasteiger partial charge >= 0.3 is 0 Å². The van der Waals surface area contributed by atoms with Gasteiger partial charge in [-0.3, -0.25) is 0 Å². The van der Waals surface area contributed by atoms with Crippen LogP contribution in [0.4, 0.5) is 5.95 Å². The number of nitrogens with zero attached hydrogens (tertiary/aromatic N) is 8. The molecule has 26 heavy (non-hydrogen) atoms. The monoisotopic (exact) mass is 471 g/mol. The van der Waals surface area contributed by atoms with Gasteiger partial charge in [-0.05, 0) is 19.9 Å². The summed E-state index contributed by atoms with van der Waals surface area (Å²) in [6.07, 6.45) is 5.31. The number of guanidine groups is 1. The lowest BCUT2D eigenvalue weighted by Crippen LogP contribution is -2.53. The zero-order chi connectivity index (χ0) is 17.5. The average molecular weight is 471 g/mol. The molecule has 1 aliphatic rings. The van der Waals surface area contributed by atoms with Gasteiger partial charge in [0.2, 0.25) is 5.95 Å². The Morgan fingerprint density at radius 3 is 2.54 bits per heavy atom. The second-order valence-electron chi connectivity index (χ2n) is 5.73. The van der Waals surface area contributed by atoms with Gasteiger partial charge in [0.25, 0.3) is 0 Å². The molecule has 1 aliphatic heterocycles. The molecule has 1 saturated heterocycles. The van der Waals surface area contributed by atoms with Crippen LogP contribution in [0.25, 0.3) is 0 Å². The van der Waals surface area contributed by atoms with Crippen molar-refractivity contribution in [2.75, 3.05) is 37.6 Å². The van der Waals surface area contributed by atoms with E-state index in [9.17, 15) is 0 Å². The zero-order valence-electron chi connectivity index (χ0n) is 15.2. The van der Waals surface area contributed by atoms with Crippen molar-refractivity contribution in [2.24, 2.45) is 4.99 Å². The van der Waals surface area contributed by atoms with E-state index in [0.717, 1.165) is 57.0 Å². The van der Waals surface area contributed by atoms with Crippen molar-refractivity contribution in [3.63, 3.8) is 0 Å². The Hall–Kier alpha value is -1.98. The summed E-state index contributed by atoms with van der Waals surface area (Å²) >= 11 is 0. The van der Waals surface area contributed by atoms with E-state index in [4.69, 9.17) is 4.99 Å². The lowest BCUT2D eigenvalue weighted by atomic mass is 10.3. The Morgan fingerprint density at radius 1 is 1.15 bits per heavy atom. The number of rotatable bonds is 5. The molecular formula is C16H26IN9. The van der Waals surface area contributed by atoms with E-state index in [-0.39, 0.29) is 24.0 Å². The van der Waals surface area contributed by atoms with Crippen LogP contribution in [0.15, 0.2) is 29.8 Å². The van der Waals surface area contributed by atoms with E-state index in [2.05, 4.69) is 49.1 Å². The maximum Gasteiger partial charge on any atom is 0.225 e. The summed E-state index contributed by atoms with van der Waals surface area (Å²) in [5.74, 6) is 2.59. The molecule has 0 spiro atoms. The first kappa shape index (κ1) is 20.3. The molecule has 10 heteroatoms. The van der Waals surface area contributed by atoms with Crippen molar-refractivity contribution < 1.29 is 0 Å². The van der Waals surface area contributed by atoms with Crippen LogP contribution in [0.3, 0.4) is 0 Å². The number of aliphatic imine (C=N–C) groups is 1. The van der Waals surface area contributed by atoms with Gasteiger partial charge < -0.3 is 19.7 Å². The average Bonchev–Trinajstić information content (AvgIpc) is 3.13. The number of hydrogen-bond donors (Lipinski definition) is 1. The van der Waals surface area contributed by atoms with Crippen LogP contribution in [-0.4, -0.2) is 68.3 Å². The molecule has 0 bridgehead atoms. The number of piperazine rings is 1. The molecule has 0 saturated carbocycles. The maximum absolute atomic E-state index is 4.74. The minimum absolute atomic E-state index is 0. The van der Waals surface area contributed by atoms with E-state index >= 15 is 0 Å². The van der Waals surface area contributed by atoms with Gasteiger partial charge in [-0.2, -0.15) is 0 Å². The Kier molecular flexibility index (Phi) is 8.01. The standard InChI is InChI=1S/C16H25N9.HI/c1-3-17-15(20-12-14-22-21-13-23(14)4-2)24-8-10-25(11-9-24)16-18-6-5-7-19-16;/h5-7,13H,3-4,8-12H2,1-2H3,(H,17,20);1H. The van der Waals surface area contributed by atoms with Crippen molar-refractivity contribution in [1.82, 2.24) is 34.9 Å². The Balaban J connectivity index is 0.00000243. The van der Waals surface area contributed by atoms with Gasteiger partial charge in [0.15, 0.2) is 11.8 Å². The van der Waals surface area contributed by atoms with Gasteiger partial charge in [-0.15, -0.1) is 34.2 Å². The van der Waals surface area contributed by atoms with E-state index in [1.807, 2.05) is 10.6 Å². The quantitative estimate of drug-likeness (QED) is 0.396. The summed E-state index contributed by atoms with van der Waals surface area (Å²) in [7, 11) is 0. The minimum atomic E-state index is 0. The van der Waals surface area contributed by atoms with Crippen molar-refractivity contribution in [1.29, 1.82) is 0 Å². The molecule has 3 heterocycles. The lowest BCUT2D eigenvalue weighted by molar-refractivity contribution is 0.370. The number of hydrogen-bond acceptors (Lipinski definition) is 6. The molecule has 0 aromatic carbocycles. The first-order valence-electron chi connectivity index (χ1n) is 8.73. The third kappa shape index (κ3) is 5.02. The van der Waals surface area contributed by atoms with Crippen LogP contribution in [0.2, 0.25) is 0 Å². The van der Waals surface area contributed by atoms with E-state index in [1.165, 1.54) is 0 Å². The van der Waals surface area contributed by atoms with Crippen LogP contribution in [0.5, 0.6) is 0 Å². The summed E-state index contributed by atoms with van der Waals surface area (Å²) < 4.78 is 2.01. The molecule has 142 valence electrons. The van der Waals surface area contributed by atoms with E-state index < -0.39 is 0 Å². The fourth-order valence-electron chi connectivity index (χ4n) is 2.81. The second kappa shape index (κ2) is 10.2. The highest BCUT2D eigenvalue weighted by atomic mass is 127. The Morgan fingerprint density at radius 2 is 1.88 bits per heavy atom. The smallest absolute Gasteiger partial charge is 0.225 e. The molecule has 0 amide bonds. The molecule has 1 fully saturated rings. The fourth-order valence-corrected chi connectivity index (χ4v) is 2.81. The number of anilines is 1. The molecule has 9 nitrogen and oxygen atoms in total. The number of halogens is 1. The highest BCUT2D eigenvalue weighted by Crippen LogP contribution is 2.10. The Labute approximate surface area is 171 Å². The first-order chi connectivity index (χ1) is 12.3. The minimum Gasteiger partial charge on any atom is -0.357 e. The van der Waals surface area contributed by atoms with Crippen molar-refractivity contribution in [3.8, 4) is 0 Å². The highest BCUT2D eigenvalue weighted by Gasteiger charge is 2.21. The summed E-state index contributed by atoms with van der Waals surface area (Å²) in [6.45, 7) is 9.88. The topological polar surface area (TPSA) is 87.4 Å². The molecule has 1 N–H and O–H groups in total. The van der Waals surface area contributed by atoms with Gasteiger partial charge in [-0.25, -0.2) is 15.0 Å². The maximum atomic E-state index is 4.74. The third-order valence-electron chi connectivity index (χ3n) is 4.16. The predicted octanol–water partition coefficient (Wildman–Crippen LogP) is 0.994. The van der Waals surface area contributed by atoms with E-state index in [1.54, 1.807) is 18.7 Å². The predicted molar refractivity (Wildman–Crippen MR) is 112 cm³/mol. The van der Waals surface area contributed by atoms with Gasteiger partial charge in [0.05, 0.1) is 0 Å². The van der Waals surface area contributed by atoms with Crippen molar-refractivity contribution in [2.45, 2.75) is 26.9 Å². The molecule has 0 atom stereocenters. The molecule has 2 aromatic heterocycles. The van der Waals surface area contributed by atoms with Crippen molar-refractivity contribution >= 4 is 35.9 Å². The van der Waals surface area contributed by atoms with E-state index in [0.29, 0.717) is 6.54 Å². The summed E-state index contributed by atoms with van der Waals surface area (Å²) in [4.78, 5) is 17.9. The fraction of sp³-hybridized carbons (Fsp3) is 0.562. The van der Waals surface area contributed by atoms with Crippen LogP contribution in [0.1, 0.15) is 19.7 Å². The molecule has 3 rings (SSSR count). The van der Waals surface area contributed by atoms with Gasteiger partial charge in [-0.1, -0.05) is 0 Å². The number of aromatic nitrogens is 5. The van der Waals surface area contributed by atoms with Gasteiger partial charge in [0.1, 0.15) is 12.9 Å². The van der Waals surface area contributed by atoms with Crippen molar-refractivity contribution in [3.05, 3.63) is 30.6 Å². The Bertz CT molecular complexity index is 680. The lowest BCUT2D eigenvalue weighted by Gasteiger charge is -2.36. The summed E-state index contributed by atoms with van der Waals surface area (Å²) in [6, 6.07) is 1.84.